The Hall–Kier alpha value is -4.41. The molecule has 57 heavy (non-hydrogen) atoms. The van der Waals surface area contributed by atoms with Crippen molar-refractivity contribution >= 4 is 63.1 Å². The maximum absolute atomic E-state index is 14.5. The minimum absolute atomic E-state index is 0.0268. The molecule has 0 bridgehead atoms. The van der Waals surface area contributed by atoms with Crippen molar-refractivity contribution in [3.63, 3.8) is 0 Å². The summed E-state index contributed by atoms with van der Waals surface area (Å²) in [4.78, 5) is 71.6. The van der Waals surface area contributed by atoms with Crippen molar-refractivity contribution in [3.8, 4) is 0 Å². The molecule has 0 spiro atoms. The van der Waals surface area contributed by atoms with Crippen LogP contribution < -0.4 is 15.4 Å². The summed E-state index contributed by atoms with van der Waals surface area (Å²) < 4.78 is 54.5. The molecule has 308 valence electrons. The zero-order chi connectivity index (χ0) is 41.3. The number of rotatable bonds is 6. The van der Waals surface area contributed by atoms with E-state index in [1.807, 2.05) is 6.08 Å². The lowest BCUT2D eigenvalue weighted by Gasteiger charge is -2.30. The Bertz CT molecular complexity index is 2080. The third kappa shape index (κ3) is 10.2. The van der Waals surface area contributed by atoms with Crippen molar-refractivity contribution in [2.24, 2.45) is 5.92 Å². The molecule has 2 fully saturated rings. The van der Waals surface area contributed by atoms with Crippen LogP contribution in [0.15, 0.2) is 48.6 Å². The molecular formula is C39H46Cl2FN5O9S. The molecule has 1 saturated heterocycles. The minimum atomic E-state index is -4.35. The lowest BCUT2D eigenvalue weighted by Crippen LogP contribution is -2.58. The number of ether oxygens (including phenoxy) is 2. The van der Waals surface area contributed by atoms with E-state index in [-0.39, 0.29) is 54.5 Å². The van der Waals surface area contributed by atoms with Gasteiger partial charge >= 0.3 is 12.2 Å². The summed E-state index contributed by atoms with van der Waals surface area (Å²) >= 11 is 12.3. The van der Waals surface area contributed by atoms with Gasteiger partial charge in [0.2, 0.25) is 21.8 Å². The van der Waals surface area contributed by atoms with Crippen molar-refractivity contribution in [2.45, 2.75) is 114 Å². The maximum Gasteiger partial charge on any atom is 0.410 e. The van der Waals surface area contributed by atoms with Crippen LogP contribution in [0.25, 0.3) is 0 Å². The number of hydrogen-bond donors (Lipinski definition) is 3. The molecule has 5 atom stereocenters. The summed E-state index contributed by atoms with van der Waals surface area (Å²) in [6.45, 7) is 4.88. The van der Waals surface area contributed by atoms with Crippen LogP contribution >= 0.6 is 23.2 Å². The zero-order valence-corrected chi connectivity index (χ0v) is 34.1. The van der Waals surface area contributed by atoms with Crippen LogP contribution in [0.2, 0.25) is 10.0 Å². The van der Waals surface area contributed by atoms with E-state index in [1.165, 1.54) is 34.1 Å². The van der Waals surface area contributed by atoms with Gasteiger partial charge in [-0.2, -0.15) is 0 Å². The second-order valence-corrected chi connectivity index (χ2v) is 18.5. The SMILES string of the molecule is CC(C)(C)OC(=O)N[C@H]1CCCCCC=C[C@@H]2C[C@@]2(C(=O)NS(=O)(=O)Cc2cc(Cl)ccc2Cl)NC(=O)[C@@H]2C[C@@H](OC(=O)N3Cc4cccc(F)c4C3)CN2C1=O. The third-order valence-electron chi connectivity index (χ3n) is 10.4. The molecule has 0 unspecified atom stereocenters. The van der Waals surface area contributed by atoms with E-state index in [0.29, 0.717) is 36.8 Å². The van der Waals surface area contributed by atoms with Gasteiger partial charge in [0.1, 0.15) is 35.1 Å². The molecule has 1 aliphatic carbocycles. The van der Waals surface area contributed by atoms with Crippen LogP contribution in [0.1, 0.15) is 82.4 Å². The number of sulfonamides is 1. The van der Waals surface area contributed by atoms with Gasteiger partial charge < -0.3 is 25.0 Å². The number of nitrogens with zero attached hydrogens (tertiary/aromatic N) is 2. The van der Waals surface area contributed by atoms with Crippen LogP contribution in [0.5, 0.6) is 0 Å². The topological polar surface area (TPSA) is 181 Å². The van der Waals surface area contributed by atoms with Crippen molar-refractivity contribution in [1.82, 2.24) is 25.2 Å². The molecule has 3 N–H and O–H groups in total. The number of halogens is 3. The van der Waals surface area contributed by atoms with Gasteiger partial charge in [0.05, 0.1) is 18.8 Å². The van der Waals surface area contributed by atoms with Gasteiger partial charge in [-0.15, -0.1) is 0 Å². The summed E-state index contributed by atoms with van der Waals surface area (Å²) in [7, 11) is -4.35. The van der Waals surface area contributed by atoms with Crippen LogP contribution in [0.4, 0.5) is 14.0 Å². The van der Waals surface area contributed by atoms with Gasteiger partial charge in [0, 0.05) is 34.5 Å². The second-order valence-electron chi connectivity index (χ2n) is 15.9. The average molecular weight is 851 g/mol. The highest BCUT2D eigenvalue weighted by Crippen LogP contribution is 2.46. The molecule has 4 aliphatic rings. The Labute approximate surface area is 340 Å². The summed E-state index contributed by atoms with van der Waals surface area (Å²) in [5.41, 5.74) is -1.39. The largest absolute Gasteiger partial charge is 0.444 e. The summed E-state index contributed by atoms with van der Waals surface area (Å²) in [5, 5.41) is 5.80. The highest BCUT2D eigenvalue weighted by molar-refractivity contribution is 7.89. The first-order valence-electron chi connectivity index (χ1n) is 18.8. The number of amides is 5. The molecular weight excluding hydrogens is 804 g/mol. The number of carbonyl (C=O) groups excluding carboxylic acids is 5. The fourth-order valence-electron chi connectivity index (χ4n) is 7.47. The van der Waals surface area contributed by atoms with E-state index in [2.05, 4.69) is 15.4 Å². The number of hydrogen-bond acceptors (Lipinski definition) is 9. The van der Waals surface area contributed by atoms with Crippen molar-refractivity contribution < 1.29 is 46.3 Å². The van der Waals surface area contributed by atoms with Crippen LogP contribution in [0.3, 0.4) is 0 Å². The highest BCUT2D eigenvalue weighted by Gasteiger charge is 2.61. The maximum atomic E-state index is 14.5. The first-order valence-corrected chi connectivity index (χ1v) is 21.2. The van der Waals surface area contributed by atoms with E-state index in [1.54, 1.807) is 39.0 Å². The van der Waals surface area contributed by atoms with Crippen LogP contribution in [-0.2, 0) is 52.7 Å². The number of fused-ring (bicyclic) bond motifs is 3. The number of carbonyl (C=O) groups is 5. The quantitative estimate of drug-likeness (QED) is 0.317. The van der Waals surface area contributed by atoms with Gasteiger partial charge in [-0.3, -0.25) is 24.0 Å². The number of benzene rings is 2. The Kier molecular flexibility index (Phi) is 12.5. The van der Waals surface area contributed by atoms with Crippen molar-refractivity contribution in [1.29, 1.82) is 0 Å². The van der Waals surface area contributed by atoms with Crippen LogP contribution in [-0.4, -0.2) is 84.0 Å². The Morgan fingerprint density at radius 1 is 1.07 bits per heavy atom. The monoisotopic (exact) mass is 849 g/mol. The van der Waals surface area contributed by atoms with E-state index in [9.17, 15) is 36.8 Å². The molecule has 0 aromatic heterocycles. The Morgan fingerprint density at radius 2 is 1.84 bits per heavy atom. The smallest absolute Gasteiger partial charge is 0.410 e. The van der Waals surface area contributed by atoms with Crippen molar-refractivity contribution in [3.05, 3.63) is 81.1 Å². The fraction of sp³-hybridized carbons (Fsp3) is 0.513. The molecule has 3 heterocycles. The first kappa shape index (κ1) is 42.2. The highest BCUT2D eigenvalue weighted by atomic mass is 35.5. The summed E-state index contributed by atoms with van der Waals surface area (Å²) in [5.74, 6) is -4.08. The predicted molar refractivity (Wildman–Crippen MR) is 208 cm³/mol. The van der Waals surface area contributed by atoms with Crippen LogP contribution in [0, 0.1) is 11.7 Å². The molecule has 5 amide bonds. The molecule has 1 saturated carbocycles. The van der Waals surface area contributed by atoms with E-state index >= 15 is 0 Å². The van der Waals surface area contributed by atoms with Gasteiger partial charge in [0.15, 0.2) is 0 Å². The molecule has 14 nitrogen and oxygen atoms in total. The lowest BCUT2D eigenvalue weighted by molar-refractivity contribution is -0.141. The number of allylic oxidation sites excluding steroid dienone is 1. The van der Waals surface area contributed by atoms with Gasteiger partial charge in [0.25, 0.3) is 5.91 Å². The predicted octanol–water partition coefficient (Wildman–Crippen LogP) is 5.49. The third-order valence-corrected chi connectivity index (χ3v) is 12.2. The molecule has 3 aliphatic heterocycles. The standard InChI is InChI=1S/C39H46Cl2FN5O9S/c1-38(2,3)56-36(51)43-31-13-8-6-4-5-7-11-25-18-39(25,35(50)45-57(53,54)22-24-16-26(40)14-15-29(24)41)44-33(48)32-17-27(20-47(32)34(31)49)55-37(52)46-19-23-10-9-12-30(42)28(23)21-46/h7,9-12,14-16,25,27,31-32H,4-6,8,13,17-22H2,1-3H3,(H,43,51)(H,44,48)(H,45,50)/t25-,27-,31+,32+,39-/m1/s1. The fourth-order valence-corrected chi connectivity index (χ4v) is 9.11. The minimum Gasteiger partial charge on any atom is -0.444 e. The summed E-state index contributed by atoms with van der Waals surface area (Å²) in [6, 6.07) is 6.46. The summed E-state index contributed by atoms with van der Waals surface area (Å²) in [6.07, 6.45) is 3.69. The van der Waals surface area contributed by atoms with Gasteiger partial charge in [-0.1, -0.05) is 60.3 Å². The molecule has 18 heteroatoms. The van der Waals surface area contributed by atoms with E-state index < -0.39 is 86.7 Å². The molecule has 0 radical (unpaired) electrons. The van der Waals surface area contributed by atoms with Gasteiger partial charge in [-0.25, -0.2) is 22.4 Å². The van der Waals surface area contributed by atoms with Gasteiger partial charge in [-0.05, 0) is 81.8 Å². The first-order chi connectivity index (χ1) is 26.8. The zero-order valence-electron chi connectivity index (χ0n) is 31.8. The normalized spacial score (nSPS) is 25.2. The number of alkyl carbamates (subject to hydrolysis) is 1. The average Bonchev–Trinajstić information content (AvgIpc) is 3.40. The molecule has 2 aromatic carbocycles. The van der Waals surface area contributed by atoms with E-state index in [0.717, 1.165) is 0 Å². The number of nitrogens with one attached hydrogen (secondary N) is 3. The lowest BCUT2D eigenvalue weighted by atomic mass is 10.0. The van der Waals surface area contributed by atoms with Crippen molar-refractivity contribution in [2.75, 3.05) is 6.54 Å². The molecule has 6 rings (SSSR count). The van der Waals surface area contributed by atoms with E-state index in [4.69, 9.17) is 32.7 Å². The Balaban J connectivity index is 1.26. The molecule has 2 aromatic rings. The Morgan fingerprint density at radius 3 is 2.58 bits per heavy atom. The second kappa shape index (κ2) is 16.8.